The summed E-state index contributed by atoms with van der Waals surface area (Å²) in [6, 6.07) is 12.1. The molecule has 1 atom stereocenters. The first-order valence-electron chi connectivity index (χ1n) is 9.50. The normalized spacial score (nSPS) is 16.3. The van der Waals surface area contributed by atoms with Gasteiger partial charge in [0.25, 0.3) is 5.91 Å². The van der Waals surface area contributed by atoms with Gasteiger partial charge in [0.05, 0.1) is 0 Å². The number of piperazine rings is 1. The van der Waals surface area contributed by atoms with Gasteiger partial charge in [-0.15, -0.1) is 0 Å². The SMILES string of the molecule is CN(C)C(=O)c1ccc(CCC(=O)N2CCNC(=O)C2c2ccc(F)cc2)cc1. The molecule has 1 unspecified atom stereocenters. The number of amides is 3. The van der Waals surface area contributed by atoms with Crippen LogP contribution >= 0.6 is 0 Å². The van der Waals surface area contributed by atoms with Crippen molar-refractivity contribution in [3.05, 3.63) is 71.0 Å². The van der Waals surface area contributed by atoms with E-state index in [9.17, 15) is 18.8 Å². The van der Waals surface area contributed by atoms with Gasteiger partial charge in [0.1, 0.15) is 11.9 Å². The summed E-state index contributed by atoms with van der Waals surface area (Å²) in [5, 5.41) is 2.77. The fraction of sp³-hybridized carbons (Fsp3) is 0.318. The van der Waals surface area contributed by atoms with Gasteiger partial charge in [0.15, 0.2) is 0 Å². The van der Waals surface area contributed by atoms with Crippen LogP contribution in [0.5, 0.6) is 0 Å². The molecule has 6 nitrogen and oxygen atoms in total. The summed E-state index contributed by atoms with van der Waals surface area (Å²) in [5.41, 5.74) is 2.12. The highest BCUT2D eigenvalue weighted by atomic mass is 19.1. The highest BCUT2D eigenvalue weighted by Gasteiger charge is 2.33. The fourth-order valence-electron chi connectivity index (χ4n) is 3.38. The maximum Gasteiger partial charge on any atom is 0.253 e. The van der Waals surface area contributed by atoms with E-state index in [0.29, 0.717) is 30.6 Å². The third-order valence-electron chi connectivity index (χ3n) is 4.95. The van der Waals surface area contributed by atoms with Crippen molar-refractivity contribution in [3.8, 4) is 0 Å². The Kier molecular flexibility index (Phi) is 6.26. The lowest BCUT2D eigenvalue weighted by Crippen LogP contribution is -2.52. The zero-order chi connectivity index (χ0) is 21.0. The van der Waals surface area contributed by atoms with Crippen molar-refractivity contribution in [3.63, 3.8) is 0 Å². The molecule has 7 heteroatoms. The van der Waals surface area contributed by atoms with Gasteiger partial charge in [0, 0.05) is 39.2 Å². The maximum atomic E-state index is 13.2. The molecule has 3 amide bonds. The minimum Gasteiger partial charge on any atom is -0.352 e. The van der Waals surface area contributed by atoms with Gasteiger partial charge in [0.2, 0.25) is 11.8 Å². The molecule has 1 aliphatic rings. The Morgan fingerprint density at radius 3 is 2.38 bits per heavy atom. The van der Waals surface area contributed by atoms with Crippen molar-refractivity contribution in [1.29, 1.82) is 0 Å². The molecular formula is C22H24FN3O3. The first-order chi connectivity index (χ1) is 13.9. The van der Waals surface area contributed by atoms with Crippen molar-refractivity contribution >= 4 is 17.7 Å². The number of nitrogens with zero attached hydrogens (tertiary/aromatic N) is 2. The third kappa shape index (κ3) is 4.80. The molecule has 1 N–H and O–H groups in total. The molecule has 1 heterocycles. The predicted octanol–water partition coefficient (Wildman–Crippen LogP) is 2.16. The molecule has 0 aliphatic carbocycles. The van der Waals surface area contributed by atoms with Crippen LogP contribution in [0.3, 0.4) is 0 Å². The predicted molar refractivity (Wildman–Crippen MR) is 107 cm³/mol. The van der Waals surface area contributed by atoms with E-state index in [0.717, 1.165) is 5.56 Å². The van der Waals surface area contributed by atoms with E-state index >= 15 is 0 Å². The summed E-state index contributed by atoms with van der Waals surface area (Å²) in [6.45, 7) is 0.798. The minimum atomic E-state index is -0.753. The van der Waals surface area contributed by atoms with Crippen LogP contribution in [0.25, 0.3) is 0 Å². The number of halogens is 1. The number of rotatable bonds is 5. The average molecular weight is 397 g/mol. The van der Waals surface area contributed by atoms with Crippen LogP contribution in [0.1, 0.15) is 33.9 Å². The molecule has 1 aliphatic heterocycles. The van der Waals surface area contributed by atoms with Crippen LogP contribution in [0.4, 0.5) is 4.39 Å². The van der Waals surface area contributed by atoms with Crippen molar-refractivity contribution in [1.82, 2.24) is 15.1 Å². The lowest BCUT2D eigenvalue weighted by atomic mass is 10.0. The van der Waals surface area contributed by atoms with E-state index in [2.05, 4.69) is 5.32 Å². The van der Waals surface area contributed by atoms with E-state index in [-0.39, 0.29) is 30.0 Å². The van der Waals surface area contributed by atoms with Crippen LogP contribution in [0.2, 0.25) is 0 Å². The van der Waals surface area contributed by atoms with Crippen LogP contribution in [-0.4, -0.2) is 54.7 Å². The average Bonchev–Trinajstić information content (AvgIpc) is 2.72. The second kappa shape index (κ2) is 8.86. The number of carbonyl (C=O) groups is 3. The lowest BCUT2D eigenvalue weighted by Gasteiger charge is -2.35. The van der Waals surface area contributed by atoms with Gasteiger partial charge in [-0.05, 0) is 41.8 Å². The second-order valence-corrected chi connectivity index (χ2v) is 7.23. The quantitative estimate of drug-likeness (QED) is 0.841. The first kappa shape index (κ1) is 20.5. The third-order valence-corrected chi connectivity index (χ3v) is 4.95. The highest BCUT2D eigenvalue weighted by Crippen LogP contribution is 2.24. The summed E-state index contributed by atoms with van der Waals surface area (Å²) in [7, 11) is 3.39. The van der Waals surface area contributed by atoms with E-state index < -0.39 is 6.04 Å². The lowest BCUT2D eigenvalue weighted by molar-refractivity contribution is -0.143. The van der Waals surface area contributed by atoms with Gasteiger partial charge >= 0.3 is 0 Å². The number of aryl methyl sites for hydroxylation is 1. The zero-order valence-corrected chi connectivity index (χ0v) is 16.5. The summed E-state index contributed by atoms with van der Waals surface area (Å²) in [5.74, 6) is -0.862. The van der Waals surface area contributed by atoms with Crippen LogP contribution in [-0.2, 0) is 16.0 Å². The molecule has 0 spiro atoms. The maximum absolute atomic E-state index is 13.2. The molecular weight excluding hydrogens is 373 g/mol. The Labute approximate surface area is 169 Å². The number of hydrogen-bond donors (Lipinski definition) is 1. The smallest absolute Gasteiger partial charge is 0.253 e. The molecule has 152 valence electrons. The molecule has 2 aromatic carbocycles. The van der Waals surface area contributed by atoms with Crippen molar-refractivity contribution in [2.45, 2.75) is 18.9 Å². The molecule has 0 bridgehead atoms. The monoisotopic (exact) mass is 397 g/mol. The van der Waals surface area contributed by atoms with E-state index in [1.54, 1.807) is 31.1 Å². The number of hydrogen-bond acceptors (Lipinski definition) is 3. The molecule has 1 saturated heterocycles. The summed E-state index contributed by atoms with van der Waals surface area (Å²) in [6.07, 6.45) is 0.746. The standard InChI is InChI=1S/C22H24FN3O3/c1-25(2)22(29)17-6-3-15(4-7-17)5-12-19(27)26-14-13-24-21(28)20(26)16-8-10-18(23)11-9-16/h3-4,6-11,20H,5,12-14H2,1-2H3,(H,24,28). The number of nitrogens with one attached hydrogen (secondary N) is 1. The Morgan fingerprint density at radius 1 is 1.10 bits per heavy atom. The van der Waals surface area contributed by atoms with E-state index in [1.165, 1.54) is 29.2 Å². The fourth-order valence-corrected chi connectivity index (χ4v) is 3.38. The number of benzene rings is 2. The van der Waals surface area contributed by atoms with Crippen LogP contribution in [0.15, 0.2) is 48.5 Å². The van der Waals surface area contributed by atoms with Gasteiger partial charge in [-0.1, -0.05) is 24.3 Å². The largest absolute Gasteiger partial charge is 0.352 e. The molecule has 0 radical (unpaired) electrons. The summed E-state index contributed by atoms with van der Waals surface area (Å²) < 4.78 is 13.2. The van der Waals surface area contributed by atoms with Crippen LogP contribution in [0, 0.1) is 5.82 Å². The second-order valence-electron chi connectivity index (χ2n) is 7.23. The summed E-state index contributed by atoms with van der Waals surface area (Å²) in [4.78, 5) is 40.2. The van der Waals surface area contributed by atoms with Gasteiger partial charge in [-0.2, -0.15) is 0 Å². The van der Waals surface area contributed by atoms with Crippen molar-refractivity contribution in [2.75, 3.05) is 27.2 Å². The molecule has 0 aromatic heterocycles. The molecule has 1 fully saturated rings. The Bertz CT molecular complexity index is 895. The Hall–Kier alpha value is -3.22. The van der Waals surface area contributed by atoms with Gasteiger partial charge in [-0.3, -0.25) is 14.4 Å². The van der Waals surface area contributed by atoms with Gasteiger partial charge in [-0.25, -0.2) is 4.39 Å². The zero-order valence-electron chi connectivity index (χ0n) is 16.5. The number of carbonyl (C=O) groups excluding carboxylic acids is 3. The minimum absolute atomic E-state index is 0.0749. The first-order valence-corrected chi connectivity index (χ1v) is 9.50. The molecule has 2 aromatic rings. The molecule has 0 saturated carbocycles. The molecule has 3 rings (SSSR count). The van der Waals surface area contributed by atoms with E-state index in [1.807, 2.05) is 12.1 Å². The van der Waals surface area contributed by atoms with E-state index in [4.69, 9.17) is 0 Å². The Balaban J connectivity index is 1.67. The Morgan fingerprint density at radius 2 is 1.76 bits per heavy atom. The van der Waals surface area contributed by atoms with Gasteiger partial charge < -0.3 is 15.1 Å². The van der Waals surface area contributed by atoms with Crippen molar-refractivity contribution < 1.29 is 18.8 Å². The topological polar surface area (TPSA) is 69.7 Å². The highest BCUT2D eigenvalue weighted by molar-refractivity contribution is 5.94. The van der Waals surface area contributed by atoms with Crippen molar-refractivity contribution in [2.24, 2.45) is 0 Å². The van der Waals surface area contributed by atoms with Crippen LogP contribution < -0.4 is 5.32 Å². The molecule has 29 heavy (non-hydrogen) atoms. The summed E-state index contributed by atoms with van der Waals surface area (Å²) >= 11 is 0.